The topological polar surface area (TPSA) is 88.8 Å². The van der Waals surface area contributed by atoms with Crippen LogP contribution >= 0.6 is 0 Å². The summed E-state index contributed by atoms with van der Waals surface area (Å²) in [6.07, 6.45) is 13.0. The van der Waals surface area contributed by atoms with Crippen LogP contribution in [0.2, 0.25) is 0 Å². The Balaban J connectivity index is 0.000000396. The number of anilines is 1. The number of aliphatic hydroxyl groups is 1. The van der Waals surface area contributed by atoms with Gasteiger partial charge in [0.05, 0.1) is 0 Å². The summed E-state index contributed by atoms with van der Waals surface area (Å²) in [5.41, 5.74) is 2.27. The van der Waals surface area contributed by atoms with E-state index in [1.165, 1.54) is 56.9 Å². The van der Waals surface area contributed by atoms with Gasteiger partial charge in [-0.2, -0.15) is 0 Å². The Morgan fingerprint density at radius 3 is 2.24 bits per heavy atom. The van der Waals surface area contributed by atoms with Crippen LogP contribution in [-0.2, 0) is 12.6 Å². The van der Waals surface area contributed by atoms with E-state index in [-0.39, 0.29) is 0 Å². The van der Waals surface area contributed by atoms with Crippen molar-refractivity contribution in [3.05, 3.63) is 29.7 Å². The molecule has 5 rings (SSSR count). The molecule has 2 aliphatic rings. The molecule has 0 amide bonds. The third-order valence-corrected chi connectivity index (χ3v) is 8.07. The predicted octanol–water partition coefficient (Wildman–Crippen LogP) is 6.96. The number of hydrogen-bond donors (Lipinski definition) is 2. The van der Waals surface area contributed by atoms with Gasteiger partial charge in [-0.1, -0.05) is 59.3 Å². The van der Waals surface area contributed by atoms with E-state index >= 15 is 0 Å². The Morgan fingerprint density at radius 2 is 1.70 bits per heavy atom. The van der Waals surface area contributed by atoms with Crippen molar-refractivity contribution in [3.8, 4) is 11.5 Å². The molecule has 2 fully saturated rings. The van der Waals surface area contributed by atoms with Crippen LogP contribution < -0.4 is 5.32 Å². The number of nitrogens with zero attached hydrogens (tertiary/aromatic N) is 5. The van der Waals surface area contributed by atoms with Crippen LogP contribution in [0.25, 0.3) is 22.7 Å². The molecule has 7 nitrogen and oxygen atoms in total. The Hall–Kier alpha value is -2.54. The number of pyridine rings is 1. The molecule has 3 aromatic heterocycles. The molecule has 202 valence electrons. The third kappa shape index (κ3) is 6.49. The van der Waals surface area contributed by atoms with Gasteiger partial charge in [0.25, 0.3) is 0 Å². The normalized spacial score (nSPS) is 17.9. The van der Waals surface area contributed by atoms with Gasteiger partial charge < -0.3 is 15.0 Å². The maximum atomic E-state index is 10.6. The smallest absolute Gasteiger partial charge is 0.184 e. The molecule has 7 heteroatoms. The predicted molar refractivity (Wildman–Crippen MR) is 152 cm³/mol. The number of nitrogens with one attached hydrogen (secondary N) is 1. The molecule has 0 aromatic carbocycles. The zero-order valence-electron chi connectivity index (χ0n) is 23.9. The molecule has 0 bridgehead atoms. The third-order valence-electron chi connectivity index (χ3n) is 8.07. The summed E-state index contributed by atoms with van der Waals surface area (Å²) in [7, 11) is 1.97. The largest absolute Gasteiger partial charge is 0.382 e. The summed E-state index contributed by atoms with van der Waals surface area (Å²) in [5.74, 6) is 3.92. The van der Waals surface area contributed by atoms with Crippen molar-refractivity contribution in [2.24, 2.45) is 18.9 Å². The van der Waals surface area contributed by atoms with E-state index in [9.17, 15) is 5.11 Å². The molecule has 1 atom stereocenters. The molecule has 1 unspecified atom stereocenters. The van der Waals surface area contributed by atoms with Crippen LogP contribution in [0.1, 0.15) is 110 Å². The number of imidazole rings is 1. The Bertz CT molecular complexity index is 1180. The van der Waals surface area contributed by atoms with Gasteiger partial charge in [-0.25, -0.2) is 15.0 Å². The number of aromatic nitrogens is 5. The molecule has 3 heterocycles. The standard InChI is InChI=1S/C23H32N6O.C7H14/c1-13(2)16-10-11-24-17(12-16)21-26-20-18(29(21)6)19(25-14(3)15-8-7-9-15)27-22(28-20)23(4,5)30;1-7-5-3-2-4-6-7/h10-15,30H,7-9H2,1-6H3,(H,25,27,28);7H,2-6H2,1H3. The minimum absolute atomic E-state index is 0.298. The molecule has 0 saturated heterocycles. The monoisotopic (exact) mass is 506 g/mol. The van der Waals surface area contributed by atoms with Crippen LogP contribution in [0, 0.1) is 11.8 Å². The van der Waals surface area contributed by atoms with E-state index in [4.69, 9.17) is 9.97 Å². The van der Waals surface area contributed by atoms with Gasteiger partial charge in [0.15, 0.2) is 23.1 Å². The van der Waals surface area contributed by atoms with E-state index in [0.29, 0.717) is 29.3 Å². The fourth-order valence-electron chi connectivity index (χ4n) is 5.22. The van der Waals surface area contributed by atoms with Crippen LogP contribution in [0.15, 0.2) is 18.3 Å². The average molecular weight is 507 g/mol. The molecule has 3 aromatic rings. The van der Waals surface area contributed by atoms with E-state index in [0.717, 1.165) is 28.8 Å². The molecular formula is C30H46N6O. The molecular weight excluding hydrogens is 460 g/mol. The Morgan fingerprint density at radius 1 is 1.00 bits per heavy atom. The minimum Gasteiger partial charge on any atom is -0.382 e. The highest BCUT2D eigenvalue weighted by Gasteiger charge is 2.28. The number of rotatable bonds is 6. The van der Waals surface area contributed by atoms with Crippen molar-refractivity contribution in [1.82, 2.24) is 24.5 Å². The zero-order valence-corrected chi connectivity index (χ0v) is 23.9. The second kappa shape index (κ2) is 11.5. The number of hydrogen-bond acceptors (Lipinski definition) is 6. The lowest BCUT2D eigenvalue weighted by Gasteiger charge is -2.32. The molecule has 0 spiro atoms. The van der Waals surface area contributed by atoms with Gasteiger partial charge in [-0.05, 0) is 69.1 Å². The van der Waals surface area contributed by atoms with Crippen LogP contribution in [-0.4, -0.2) is 35.7 Å². The lowest BCUT2D eigenvalue weighted by molar-refractivity contribution is 0.0692. The van der Waals surface area contributed by atoms with Crippen LogP contribution in [0.3, 0.4) is 0 Å². The lowest BCUT2D eigenvalue weighted by atomic mass is 9.80. The Kier molecular flexibility index (Phi) is 8.52. The van der Waals surface area contributed by atoms with Crippen molar-refractivity contribution < 1.29 is 5.11 Å². The molecule has 2 N–H and O–H groups in total. The molecule has 37 heavy (non-hydrogen) atoms. The van der Waals surface area contributed by atoms with Gasteiger partial charge >= 0.3 is 0 Å². The highest BCUT2D eigenvalue weighted by molar-refractivity contribution is 5.86. The first-order valence-corrected chi connectivity index (χ1v) is 14.2. The average Bonchev–Trinajstić information content (AvgIpc) is 3.15. The summed E-state index contributed by atoms with van der Waals surface area (Å²) >= 11 is 0. The highest BCUT2D eigenvalue weighted by atomic mass is 16.3. The summed E-state index contributed by atoms with van der Waals surface area (Å²) in [5, 5.41) is 14.2. The van der Waals surface area contributed by atoms with E-state index < -0.39 is 5.60 Å². The van der Waals surface area contributed by atoms with E-state index in [2.05, 4.69) is 49.0 Å². The lowest BCUT2D eigenvalue weighted by Crippen LogP contribution is -2.32. The molecule has 0 radical (unpaired) electrons. The van der Waals surface area contributed by atoms with Crippen LogP contribution in [0.4, 0.5) is 5.82 Å². The van der Waals surface area contributed by atoms with Gasteiger partial charge in [-0.3, -0.25) is 4.98 Å². The quantitative estimate of drug-likeness (QED) is 0.375. The zero-order chi connectivity index (χ0) is 26.7. The first-order chi connectivity index (χ1) is 17.5. The van der Waals surface area contributed by atoms with Gasteiger partial charge in [0.1, 0.15) is 16.8 Å². The summed E-state index contributed by atoms with van der Waals surface area (Å²) in [6.45, 7) is 12.3. The second-order valence-corrected chi connectivity index (χ2v) is 12.1. The van der Waals surface area contributed by atoms with E-state index in [1.54, 1.807) is 13.8 Å². The van der Waals surface area contributed by atoms with Crippen molar-refractivity contribution in [1.29, 1.82) is 0 Å². The first kappa shape index (κ1) is 27.5. The SMILES string of the molecule is CC(C)c1ccnc(-c2nc3nc(C(C)(C)O)nc(NC(C)C4CCC4)c3n2C)c1.CC1CCCCC1. The first-order valence-electron chi connectivity index (χ1n) is 14.2. The van der Waals surface area contributed by atoms with Crippen molar-refractivity contribution in [2.45, 2.75) is 110 Å². The molecule has 2 aliphatic carbocycles. The van der Waals surface area contributed by atoms with Gasteiger partial charge in [0, 0.05) is 19.3 Å². The summed E-state index contributed by atoms with van der Waals surface area (Å²) < 4.78 is 2.01. The van der Waals surface area contributed by atoms with Gasteiger partial charge in [-0.15, -0.1) is 0 Å². The fraction of sp³-hybridized carbons (Fsp3) is 0.667. The van der Waals surface area contributed by atoms with Crippen molar-refractivity contribution in [2.75, 3.05) is 5.32 Å². The maximum Gasteiger partial charge on any atom is 0.184 e. The minimum atomic E-state index is -1.15. The summed E-state index contributed by atoms with van der Waals surface area (Å²) in [6, 6.07) is 4.42. The van der Waals surface area contributed by atoms with Crippen molar-refractivity contribution in [3.63, 3.8) is 0 Å². The molecule has 0 aliphatic heterocycles. The number of fused-ring (bicyclic) bond motifs is 1. The van der Waals surface area contributed by atoms with Crippen molar-refractivity contribution >= 4 is 17.0 Å². The van der Waals surface area contributed by atoms with Crippen LogP contribution in [0.5, 0.6) is 0 Å². The fourth-order valence-corrected chi connectivity index (χ4v) is 5.22. The summed E-state index contributed by atoms with van der Waals surface area (Å²) in [4.78, 5) is 18.7. The Labute approximate surface area is 222 Å². The number of aryl methyl sites for hydroxylation is 1. The second-order valence-electron chi connectivity index (χ2n) is 12.1. The van der Waals surface area contributed by atoms with Gasteiger partial charge in [0.2, 0.25) is 0 Å². The van der Waals surface area contributed by atoms with E-state index in [1.807, 2.05) is 23.9 Å². The highest BCUT2D eigenvalue weighted by Crippen LogP contribution is 2.34. The molecule has 2 saturated carbocycles. The maximum absolute atomic E-state index is 10.6.